The van der Waals surface area contributed by atoms with E-state index in [0.29, 0.717) is 11.8 Å². The molecular weight excluding hydrogens is 272 g/mol. The first-order valence-electron chi connectivity index (χ1n) is 8.49. The molecule has 1 N–H and O–H groups in total. The molecule has 1 aliphatic carbocycles. The van der Waals surface area contributed by atoms with Gasteiger partial charge in [0.05, 0.1) is 11.9 Å². The molecule has 0 saturated carbocycles. The van der Waals surface area contributed by atoms with E-state index in [-0.39, 0.29) is 0 Å². The molecule has 2 nitrogen and oxygen atoms in total. The molecular formula is C20H30O2. The minimum absolute atomic E-state index is 0.491. The van der Waals surface area contributed by atoms with E-state index < -0.39 is 5.60 Å². The molecule has 0 unspecified atom stereocenters. The molecule has 1 heterocycles. The number of rotatable bonds is 1. The van der Waals surface area contributed by atoms with Crippen LogP contribution in [-0.4, -0.2) is 10.7 Å². The second-order valence-corrected chi connectivity index (χ2v) is 7.35. The first-order chi connectivity index (χ1) is 10.4. The SMILES string of the molecule is CC1=CCC[C@](C)(O)C=C[C@H](C(C)C)CCc2coc(c2)C1. The van der Waals surface area contributed by atoms with Crippen molar-refractivity contribution in [2.45, 2.75) is 65.4 Å². The predicted molar refractivity (Wildman–Crippen MR) is 91.8 cm³/mol. The summed E-state index contributed by atoms with van der Waals surface area (Å²) in [5.74, 6) is 2.11. The molecule has 0 saturated heterocycles. The van der Waals surface area contributed by atoms with Crippen molar-refractivity contribution >= 4 is 0 Å². The third-order valence-corrected chi connectivity index (χ3v) is 4.63. The lowest BCUT2D eigenvalue weighted by Crippen LogP contribution is -2.21. The van der Waals surface area contributed by atoms with Crippen molar-refractivity contribution in [1.82, 2.24) is 0 Å². The van der Waals surface area contributed by atoms with Gasteiger partial charge in [0.1, 0.15) is 5.76 Å². The summed E-state index contributed by atoms with van der Waals surface area (Å²) in [5, 5.41) is 10.5. The van der Waals surface area contributed by atoms with Gasteiger partial charge in [-0.1, -0.05) is 37.6 Å². The zero-order valence-electron chi connectivity index (χ0n) is 14.4. The van der Waals surface area contributed by atoms with Crippen LogP contribution < -0.4 is 0 Å². The summed E-state index contributed by atoms with van der Waals surface area (Å²) in [6, 6.07) is 2.19. The van der Waals surface area contributed by atoms with Gasteiger partial charge in [-0.25, -0.2) is 0 Å². The van der Waals surface area contributed by atoms with Crippen molar-refractivity contribution in [3.05, 3.63) is 47.5 Å². The normalized spacial score (nSPS) is 27.5. The smallest absolute Gasteiger partial charge is 0.108 e. The topological polar surface area (TPSA) is 33.4 Å². The second kappa shape index (κ2) is 7.32. The van der Waals surface area contributed by atoms with Crippen molar-refractivity contribution in [3.63, 3.8) is 0 Å². The predicted octanol–water partition coefficient (Wildman–Crippen LogP) is 5.07. The van der Waals surface area contributed by atoms with Gasteiger partial charge in [-0.15, -0.1) is 0 Å². The molecule has 0 aliphatic heterocycles. The third kappa shape index (κ3) is 5.17. The van der Waals surface area contributed by atoms with Gasteiger partial charge < -0.3 is 9.52 Å². The lowest BCUT2D eigenvalue weighted by molar-refractivity contribution is 0.102. The Morgan fingerprint density at radius 1 is 1.36 bits per heavy atom. The average molecular weight is 302 g/mol. The van der Waals surface area contributed by atoms with Crippen molar-refractivity contribution in [2.75, 3.05) is 0 Å². The molecule has 22 heavy (non-hydrogen) atoms. The van der Waals surface area contributed by atoms with Gasteiger partial charge in [-0.2, -0.15) is 0 Å². The van der Waals surface area contributed by atoms with Crippen LogP contribution in [0.1, 0.15) is 58.3 Å². The van der Waals surface area contributed by atoms with Crippen LogP contribution in [0, 0.1) is 11.8 Å². The maximum absolute atomic E-state index is 10.5. The van der Waals surface area contributed by atoms with Gasteiger partial charge >= 0.3 is 0 Å². The maximum atomic E-state index is 10.5. The first kappa shape index (κ1) is 17.1. The summed E-state index contributed by atoms with van der Waals surface area (Å²) < 4.78 is 5.69. The Morgan fingerprint density at radius 2 is 2.14 bits per heavy atom. The Labute approximate surface area is 134 Å². The van der Waals surface area contributed by atoms with Crippen LogP contribution in [0.15, 0.2) is 40.5 Å². The molecule has 1 aliphatic rings. The van der Waals surface area contributed by atoms with E-state index in [9.17, 15) is 5.11 Å². The van der Waals surface area contributed by atoms with Gasteiger partial charge in [0, 0.05) is 6.42 Å². The van der Waals surface area contributed by atoms with Crippen LogP contribution in [0.3, 0.4) is 0 Å². The van der Waals surface area contributed by atoms with Crippen LogP contribution in [0.4, 0.5) is 0 Å². The summed E-state index contributed by atoms with van der Waals surface area (Å²) in [6.07, 6.45) is 13.0. The zero-order valence-corrected chi connectivity index (χ0v) is 14.4. The summed E-state index contributed by atoms with van der Waals surface area (Å²) in [6.45, 7) is 8.54. The zero-order chi connectivity index (χ0) is 16.2. The monoisotopic (exact) mass is 302 g/mol. The highest BCUT2D eigenvalue weighted by atomic mass is 16.3. The molecule has 122 valence electrons. The van der Waals surface area contributed by atoms with Crippen LogP contribution in [0.5, 0.6) is 0 Å². The van der Waals surface area contributed by atoms with E-state index >= 15 is 0 Å². The number of allylic oxidation sites excluding steroid dienone is 3. The van der Waals surface area contributed by atoms with Crippen molar-refractivity contribution in [2.24, 2.45) is 11.8 Å². The highest BCUT2D eigenvalue weighted by Gasteiger charge is 2.18. The lowest BCUT2D eigenvalue weighted by atomic mass is 9.87. The van der Waals surface area contributed by atoms with Gasteiger partial charge in [-0.05, 0) is 63.0 Å². The molecule has 0 spiro atoms. The second-order valence-electron chi connectivity index (χ2n) is 7.35. The minimum atomic E-state index is -0.720. The first-order valence-corrected chi connectivity index (χ1v) is 8.49. The molecule has 2 atom stereocenters. The standard InChI is InChI=1S/C20H30O2/c1-15(2)18-8-7-17-13-19(22-14-17)12-16(3)6-5-10-20(4,21)11-9-18/h6,9,11,13-15,18,21H,5,7-8,10,12H2,1-4H3/t18-,20+/m1/s1. The number of hydrogen-bond acceptors (Lipinski definition) is 2. The highest BCUT2D eigenvalue weighted by Crippen LogP contribution is 2.25. The maximum Gasteiger partial charge on any atom is 0.108 e. The van der Waals surface area contributed by atoms with Crippen LogP contribution >= 0.6 is 0 Å². The van der Waals surface area contributed by atoms with E-state index in [4.69, 9.17) is 4.42 Å². The lowest BCUT2D eigenvalue weighted by Gasteiger charge is -2.22. The van der Waals surface area contributed by atoms with E-state index in [1.165, 1.54) is 11.1 Å². The average Bonchev–Trinajstić information content (AvgIpc) is 2.84. The van der Waals surface area contributed by atoms with E-state index in [0.717, 1.165) is 37.9 Å². The molecule has 2 rings (SSSR count). The Morgan fingerprint density at radius 3 is 2.86 bits per heavy atom. The van der Waals surface area contributed by atoms with E-state index in [1.807, 2.05) is 19.3 Å². The van der Waals surface area contributed by atoms with Crippen molar-refractivity contribution in [3.8, 4) is 0 Å². The fourth-order valence-corrected chi connectivity index (χ4v) is 3.01. The summed E-state index contributed by atoms with van der Waals surface area (Å²) in [5.41, 5.74) is 1.87. The number of aliphatic hydroxyl groups is 1. The summed E-state index contributed by atoms with van der Waals surface area (Å²) in [4.78, 5) is 0. The summed E-state index contributed by atoms with van der Waals surface area (Å²) >= 11 is 0. The van der Waals surface area contributed by atoms with Gasteiger partial charge in [-0.3, -0.25) is 0 Å². The Kier molecular flexibility index (Phi) is 5.69. The summed E-state index contributed by atoms with van der Waals surface area (Å²) in [7, 11) is 0. The van der Waals surface area contributed by atoms with E-state index in [1.54, 1.807) is 0 Å². The molecule has 0 radical (unpaired) electrons. The molecule has 1 aromatic heterocycles. The van der Waals surface area contributed by atoms with Crippen molar-refractivity contribution < 1.29 is 9.52 Å². The van der Waals surface area contributed by atoms with Crippen LogP contribution in [0.2, 0.25) is 0 Å². The Bertz CT molecular complexity index is 532. The minimum Gasteiger partial charge on any atom is -0.469 e. The Hall–Kier alpha value is -1.28. The van der Waals surface area contributed by atoms with Gasteiger partial charge in [0.25, 0.3) is 0 Å². The fourth-order valence-electron chi connectivity index (χ4n) is 3.01. The van der Waals surface area contributed by atoms with Crippen LogP contribution in [-0.2, 0) is 12.8 Å². The largest absolute Gasteiger partial charge is 0.469 e. The third-order valence-electron chi connectivity index (χ3n) is 4.63. The quantitative estimate of drug-likeness (QED) is 0.734. The van der Waals surface area contributed by atoms with Crippen LogP contribution in [0.25, 0.3) is 0 Å². The van der Waals surface area contributed by atoms with E-state index in [2.05, 4.69) is 39.0 Å². The fraction of sp³-hybridized carbons (Fsp3) is 0.600. The highest BCUT2D eigenvalue weighted by molar-refractivity contribution is 5.18. The number of aryl methyl sites for hydroxylation is 1. The molecule has 0 aromatic carbocycles. The molecule has 0 amide bonds. The number of furan rings is 1. The molecule has 0 fully saturated rings. The Balaban J connectivity index is 2.21. The molecule has 2 bridgehead atoms. The van der Waals surface area contributed by atoms with Crippen molar-refractivity contribution in [1.29, 1.82) is 0 Å². The van der Waals surface area contributed by atoms with Gasteiger partial charge in [0.2, 0.25) is 0 Å². The molecule has 1 aromatic rings. The molecule has 2 heteroatoms. The van der Waals surface area contributed by atoms with Gasteiger partial charge in [0.15, 0.2) is 0 Å². The number of hydrogen-bond donors (Lipinski definition) is 1. The number of fused-ring (bicyclic) bond motifs is 2.